The number of rotatable bonds is 8. The van der Waals surface area contributed by atoms with Gasteiger partial charge in [0.05, 0.1) is 24.6 Å². The number of hydrogen-bond donors (Lipinski definition) is 2. The highest BCUT2D eigenvalue weighted by Crippen LogP contribution is 2.32. The zero-order chi connectivity index (χ0) is 24.4. The number of aromatic nitrogens is 8. The number of nitrogens with zero attached hydrogens (tertiary/aromatic N) is 8. The lowest BCUT2D eigenvalue weighted by Gasteiger charge is -2.04. The van der Waals surface area contributed by atoms with Crippen molar-refractivity contribution in [3.8, 4) is 11.6 Å². The predicted molar refractivity (Wildman–Crippen MR) is 128 cm³/mol. The summed E-state index contributed by atoms with van der Waals surface area (Å²) in [6, 6.07) is 3.80. The Hall–Kier alpha value is -4.42. The van der Waals surface area contributed by atoms with E-state index in [1.165, 1.54) is 4.52 Å². The molecule has 7 rings (SSSR count). The van der Waals surface area contributed by atoms with E-state index >= 15 is 0 Å². The second-order valence-electron chi connectivity index (χ2n) is 9.52. The van der Waals surface area contributed by atoms with Crippen molar-refractivity contribution < 1.29 is 9.21 Å². The molecule has 5 heterocycles. The summed E-state index contributed by atoms with van der Waals surface area (Å²) in [5.74, 6) is 1.32. The van der Waals surface area contributed by atoms with Crippen molar-refractivity contribution in [3.63, 3.8) is 0 Å². The third-order valence-corrected chi connectivity index (χ3v) is 6.70. The summed E-state index contributed by atoms with van der Waals surface area (Å²) in [5.41, 5.74) is 8.07. The first-order valence-corrected chi connectivity index (χ1v) is 12.1. The molecular weight excluding hydrogens is 464 g/mol. The van der Waals surface area contributed by atoms with Crippen LogP contribution in [0.15, 0.2) is 40.0 Å². The Labute approximate surface area is 203 Å². The van der Waals surface area contributed by atoms with Gasteiger partial charge >= 0.3 is 5.69 Å². The molecule has 36 heavy (non-hydrogen) atoms. The maximum absolute atomic E-state index is 13.6. The lowest BCUT2D eigenvalue weighted by atomic mass is 10.3. The summed E-state index contributed by atoms with van der Waals surface area (Å²) < 4.78 is 11.9. The van der Waals surface area contributed by atoms with Crippen LogP contribution in [0.4, 0.5) is 5.95 Å². The first kappa shape index (κ1) is 20.9. The molecule has 0 aromatic carbocycles. The van der Waals surface area contributed by atoms with Crippen molar-refractivity contribution in [2.24, 2.45) is 5.92 Å². The van der Waals surface area contributed by atoms with Gasteiger partial charge in [-0.25, -0.2) is 9.78 Å². The number of nitrogens with two attached hydrogens (primary N) is 1. The number of aryl methyl sites for hydroxylation is 2. The van der Waals surface area contributed by atoms with Crippen LogP contribution in [-0.4, -0.2) is 50.4 Å². The number of nitrogens with one attached hydrogen (secondary N) is 1. The largest absolute Gasteiger partial charge is 0.461 e. The SMILES string of the molecule is Nc1nc2c(c3nc(-c4ccco4)nn13)n(CC1CC1)c(=O)n2CCn1cc(C(=O)NC2CC2)cn1. The minimum absolute atomic E-state index is 0.123. The van der Waals surface area contributed by atoms with Crippen molar-refractivity contribution in [2.45, 2.75) is 51.4 Å². The lowest BCUT2D eigenvalue weighted by molar-refractivity contribution is 0.0951. The first-order chi connectivity index (χ1) is 17.5. The summed E-state index contributed by atoms with van der Waals surface area (Å²) in [5, 5.41) is 11.7. The van der Waals surface area contributed by atoms with Crippen LogP contribution in [-0.2, 0) is 19.6 Å². The molecule has 5 aromatic rings. The van der Waals surface area contributed by atoms with E-state index in [1.54, 1.807) is 44.6 Å². The summed E-state index contributed by atoms with van der Waals surface area (Å²) >= 11 is 0. The molecule has 0 aliphatic heterocycles. The van der Waals surface area contributed by atoms with E-state index in [2.05, 4.69) is 25.5 Å². The zero-order valence-electron chi connectivity index (χ0n) is 19.4. The standard InChI is InChI=1S/C23H24N10O3/c24-22-28-19-17(20-27-18(29-33(20)22)16-2-1-9-36-16)32(11-13-3-4-13)23(35)31(19)8-7-30-12-14(10-25-30)21(34)26-15-5-6-15/h1-2,9-10,12-13,15H,3-8,11H2,(H2,24,28)(H,26,34). The molecule has 2 aliphatic carbocycles. The van der Waals surface area contributed by atoms with Crippen molar-refractivity contribution in [1.29, 1.82) is 0 Å². The maximum atomic E-state index is 13.6. The number of anilines is 1. The van der Waals surface area contributed by atoms with Gasteiger partial charge in [-0.15, -0.1) is 5.10 Å². The van der Waals surface area contributed by atoms with Gasteiger partial charge in [-0.3, -0.25) is 18.6 Å². The molecule has 0 bridgehead atoms. The van der Waals surface area contributed by atoms with Crippen LogP contribution in [0.3, 0.4) is 0 Å². The normalized spacial score (nSPS) is 15.8. The van der Waals surface area contributed by atoms with Gasteiger partial charge in [0.15, 0.2) is 17.1 Å². The maximum Gasteiger partial charge on any atom is 0.330 e. The molecule has 13 nitrogen and oxygen atoms in total. The van der Waals surface area contributed by atoms with E-state index in [1.807, 2.05) is 0 Å². The number of fused-ring (bicyclic) bond motifs is 3. The van der Waals surface area contributed by atoms with Crippen LogP contribution in [0, 0.1) is 5.92 Å². The molecule has 5 aromatic heterocycles. The Morgan fingerprint density at radius 2 is 2.00 bits per heavy atom. The van der Waals surface area contributed by atoms with Gasteiger partial charge in [-0.05, 0) is 43.7 Å². The van der Waals surface area contributed by atoms with Gasteiger partial charge in [0.1, 0.15) is 5.52 Å². The summed E-state index contributed by atoms with van der Waals surface area (Å²) in [7, 11) is 0. The second kappa shape index (κ2) is 7.80. The summed E-state index contributed by atoms with van der Waals surface area (Å²) in [4.78, 5) is 35.1. The molecule has 0 atom stereocenters. The molecule has 1 amide bonds. The van der Waals surface area contributed by atoms with E-state index in [9.17, 15) is 9.59 Å². The van der Waals surface area contributed by atoms with Gasteiger partial charge in [-0.2, -0.15) is 14.6 Å². The van der Waals surface area contributed by atoms with Crippen LogP contribution in [0.5, 0.6) is 0 Å². The predicted octanol–water partition coefficient (Wildman–Crippen LogP) is 1.28. The molecule has 0 radical (unpaired) electrons. The molecule has 184 valence electrons. The third-order valence-electron chi connectivity index (χ3n) is 6.70. The van der Waals surface area contributed by atoms with Gasteiger partial charge in [-0.1, -0.05) is 0 Å². The smallest absolute Gasteiger partial charge is 0.330 e. The summed E-state index contributed by atoms with van der Waals surface area (Å²) in [6.45, 7) is 1.27. The number of carbonyl (C=O) groups is 1. The van der Waals surface area contributed by atoms with Gasteiger partial charge in [0, 0.05) is 25.3 Å². The lowest BCUT2D eigenvalue weighted by Crippen LogP contribution is -2.26. The molecule has 0 spiro atoms. The highest BCUT2D eigenvalue weighted by Gasteiger charge is 2.28. The van der Waals surface area contributed by atoms with Crippen molar-refractivity contribution in [1.82, 2.24) is 43.8 Å². The second-order valence-corrected chi connectivity index (χ2v) is 9.52. The van der Waals surface area contributed by atoms with E-state index in [0.717, 1.165) is 25.7 Å². The number of imidazole rings is 1. The summed E-state index contributed by atoms with van der Waals surface area (Å²) in [6.07, 6.45) is 9.00. The molecular formula is C23H24N10O3. The Bertz CT molecular complexity index is 1660. The molecule has 2 saturated carbocycles. The molecule has 2 fully saturated rings. The Balaban J connectivity index is 1.27. The zero-order valence-corrected chi connectivity index (χ0v) is 19.4. The highest BCUT2D eigenvalue weighted by molar-refractivity contribution is 5.94. The van der Waals surface area contributed by atoms with Crippen LogP contribution in [0.2, 0.25) is 0 Å². The Morgan fingerprint density at radius 1 is 1.14 bits per heavy atom. The fourth-order valence-corrected chi connectivity index (χ4v) is 4.44. The van der Waals surface area contributed by atoms with Crippen LogP contribution >= 0.6 is 0 Å². The molecule has 0 unspecified atom stereocenters. The number of amides is 1. The number of hydrogen-bond acceptors (Lipinski definition) is 8. The van der Waals surface area contributed by atoms with Gasteiger partial charge < -0.3 is 15.5 Å². The number of carbonyl (C=O) groups excluding carboxylic acids is 1. The Kier molecular flexibility index (Phi) is 4.53. The fraction of sp³-hybridized carbons (Fsp3) is 0.391. The van der Waals surface area contributed by atoms with Crippen molar-refractivity contribution in [3.05, 3.63) is 46.8 Å². The van der Waals surface area contributed by atoms with Crippen molar-refractivity contribution in [2.75, 3.05) is 5.73 Å². The number of nitrogen functional groups attached to an aromatic ring is 1. The average Bonchev–Trinajstić information content (AvgIpc) is 3.61. The first-order valence-electron chi connectivity index (χ1n) is 12.1. The van der Waals surface area contributed by atoms with E-state index in [-0.39, 0.29) is 23.6 Å². The molecule has 0 saturated heterocycles. The van der Waals surface area contributed by atoms with E-state index in [4.69, 9.17) is 10.2 Å². The van der Waals surface area contributed by atoms with Crippen LogP contribution in [0.25, 0.3) is 28.4 Å². The fourth-order valence-electron chi connectivity index (χ4n) is 4.44. The van der Waals surface area contributed by atoms with Gasteiger partial charge in [0.25, 0.3) is 5.91 Å². The molecule has 13 heteroatoms. The number of furan rings is 1. The third kappa shape index (κ3) is 3.54. The van der Waals surface area contributed by atoms with Crippen LogP contribution < -0.4 is 16.7 Å². The molecule has 2 aliphatic rings. The average molecular weight is 489 g/mol. The van der Waals surface area contributed by atoms with Gasteiger partial charge in [0.2, 0.25) is 11.8 Å². The molecule has 3 N–H and O–H groups in total. The minimum Gasteiger partial charge on any atom is -0.461 e. The highest BCUT2D eigenvalue weighted by atomic mass is 16.3. The van der Waals surface area contributed by atoms with Crippen molar-refractivity contribution >= 4 is 28.7 Å². The minimum atomic E-state index is -0.182. The Morgan fingerprint density at radius 3 is 2.75 bits per heavy atom. The van der Waals surface area contributed by atoms with E-state index in [0.29, 0.717) is 59.5 Å². The van der Waals surface area contributed by atoms with Crippen LogP contribution in [0.1, 0.15) is 36.0 Å². The monoisotopic (exact) mass is 488 g/mol. The topological polar surface area (TPSA) is 156 Å². The van der Waals surface area contributed by atoms with E-state index < -0.39 is 0 Å². The quantitative estimate of drug-likeness (QED) is 0.331.